The van der Waals surface area contributed by atoms with Crippen molar-refractivity contribution in [2.75, 3.05) is 7.05 Å². The molecule has 0 aromatic heterocycles. The van der Waals surface area contributed by atoms with Gasteiger partial charge in [0.05, 0.1) is 11.1 Å². The number of benzene rings is 1. The molecule has 1 saturated carbocycles. The molecule has 0 heterocycles. The van der Waals surface area contributed by atoms with Gasteiger partial charge in [-0.3, -0.25) is 4.79 Å². The van der Waals surface area contributed by atoms with Gasteiger partial charge in [-0.25, -0.2) is 4.39 Å². The van der Waals surface area contributed by atoms with E-state index in [2.05, 4.69) is 0 Å². The Morgan fingerprint density at radius 2 is 1.85 bits per heavy atom. The molecule has 1 aromatic carbocycles. The van der Waals surface area contributed by atoms with Gasteiger partial charge in [-0.1, -0.05) is 12.8 Å². The van der Waals surface area contributed by atoms with Crippen molar-refractivity contribution in [2.24, 2.45) is 0 Å². The van der Waals surface area contributed by atoms with E-state index in [0.29, 0.717) is 6.07 Å². The molecule has 1 fully saturated rings. The monoisotopic (exact) mass is 289 g/mol. The fourth-order valence-electron chi connectivity index (χ4n) is 2.51. The van der Waals surface area contributed by atoms with Gasteiger partial charge >= 0.3 is 6.18 Å². The Morgan fingerprint density at radius 3 is 2.35 bits per heavy atom. The van der Waals surface area contributed by atoms with E-state index >= 15 is 0 Å². The molecule has 0 spiro atoms. The lowest BCUT2D eigenvalue weighted by atomic mass is 10.1. The summed E-state index contributed by atoms with van der Waals surface area (Å²) in [4.78, 5) is 13.5. The van der Waals surface area contributed by atoms with Gasteiger partial charge in [-0.15, -0.1) is 0 Å². The molecule has 0 saturated heterocycles. The van der Waals surface area contributed by atoms with Crippen molar-refractivity contribution >= 4 is 5.91 Å². The average Bonchev–Trinajstić information content (AvgIpc) is 2.89. The lowest BCUT2D eigenvalue weighted by molar-refractivity contribution is -0.137. The molecule has 110 valence electrons. The second-order valence-corrected chi connectivity index (χ2v) is 5.05. The molecule has 0 radical (unpaired) electrons. The molecular weight excluding hydrogens is 274 g/mol. The molecule has 0 bridgehead atoms. The molecule has 1 amide bonds. The number of amides is 1. The molecule has 0 unspecified atom stereocenters. The predicted molar refractivity (Wildman–Crippen MR) is 65.8 cm³/mol. The highest BCUT2D eigenvalue weighted by Gasteiger charge is 2.32. The van der Waals surface area contributed by atoms with Crippen molar-refractivity contribution in [1.29, 1.82) is 0 Å². The standard InChI is InChI=1S/C14H15F4NO/c1-19(10-4-2-3-5-10)13(20)11-7-6-9(8-12(11)15)14(16,17)18/h6-8,10H,2-5H2,1H3. The Hall–Kier alpha value is -1.59. The van der Waals surface area contributed by atoms with Gasteiger partial charge in [0.15, 0.2) is 0 Å². The summed E-state index contributed by atoms with van der Waals surface area (Å²) < 4.78 is 51.1. The minimum Gasteiger partial charge on any atom is -0.339 e. The summed E-state index contributed by atoms with van der Waals surface area (Å²) in [6.07, 6.45) is -0.885. The Morgan fingerprint density at radius 1 is 1.25 bits per heavy atom. The van der Waals surface area contributed by atoms with Crippen LogP contribution in [0.5, 0.6) is 0 Å². The maximum atomic E-state index is 13.7. The Labute approximate surface area is 114 Å². The van der Waals surface area contributed by atoms with Gasteiger partial charge in [0.1, 0.15) is 5.82 Å². The summed E-state index contributed by atoms with van der Waals surface area (Å²) in [7, 11) is 1.56. The lowest BCUT2D eigenvalue weighted by Crippen LogP contribution is -2.35. The first-order chi connectivity index (χ1) is 9.30. The lowest BCUT2D eigenvalue weighted by Gasteiger charge is -2.24. The number of rotatable bonds is 2. The number of alkyl halides is 3. The quantitative estimate of drug-likeness (QED) is 0.757. The van der Waals surface area contributed by atoms with E-state index in [4.69, 9.17) is 0 Å². The van der Waals surface area contributed by atoms with E-state index in [0.717, 1.165) is 37.8 Å². The zero-order valence-corrected chi connectivity index (χ0v) is 11.0. The van der Waals surface area contributed by atoms with E-state index < -0.39 is 23.5 Å². The number of carbonyl (C=O) groups excluding carboxylic acids is 1. The highest BCUT2D eigenvalue weighted by Crippen LogP contribution is 2.31. The fraction of sp³-hybridized carbons (Fsp3) is 0.500. The van der Waals surface area contributed by atoms with Gasteiger partial charge in [0.2, 0.25) is 0 Å². The zero-order valence-electron chi connectivity index (χ0n) is 11.0. The van der Waals surface area contributed by atoms with Crippen molar-refractivity contribution in [2.45, 2.75) is 37.9 Å². The minimum atomic E-state index is -4.61. The van der Waals surface area contributed by atoms with Crippen molar-refractivity contribution in [1.82, 2.24) is 4.90 Å². The van der Waals surface area contributed by atoms with Crippen molar-refractivity contribution < 1.29 is 22.4 Å². The van der Waals surface area contributed by atoms with Gasteiger partial charge < -0.3 is 4.90 Å². The molecule has 0 aliphatic heterocycles. The smallest absolute Gasteiger partial charge is 0.339 e. The number of carbonyl (C=O) groups is 1. The SMILES string of the molecule is CN(C(=O)c1ccc(C(F)(F)F)cc1F)C1CCCC1. The van der Waals surface area contributed by atoms with Crippen LogP contribution in [0.3, 0.4) is 0 Å². The third-order valence-corrected chi connectivity index (χ3v) is 3.72. The van der Waals surface area contributed by atoms with Gasteiger partial charge in [-0.05, 0) is 31.0 Å². The number of hydrogen-bond acceptors (Lipinski definition) is 1. The second-order valence-electron chi connectivity index (χ2n) is 5.05. The molecule has 1 aliphatic rings. The van der Waals surface area contributed by atoms with Crippen LogP contribution in [-0.2, 0) is 6.18 Å². The van der Waals surface area contributed by atoms with E-state index in [-0.39, 0.29) is 11.6 Å². The Kier molecular flexibility index (Phi) is 4.01. The molecule has 2 nitrogen and oxygen atoms in total. The van der Waals surface area contributed by atoms with E-state index in [1.54, 1.807) is 7.05 Å². The number of halogens is 4. The largest absolute Gasteiger partial charge is 0.416 e. The highest BCUT2D eigenvalue weighted by atomic mass is 19.4. The molecular formula is C14H15F4NO. The van der Waals surface area contributed by atoms with Crippen LogP contribution in [0.1, 0.15) is 41.6 Å². The summed E-state index contributed by atoms with van der Waals surface area (Å²) in [5.41, 5.74) is -1.40. The molecule has 0 N–H and O–H groups in total. The molecule has 1 aromatic rings. The fourth-order valence-corrected chi connectivity index (χ4v) is 2.51. The van der Waals surface area contributed by atoms with Crippen molar-refractivity contribution in [3.05, 3.63) is 35.1 Å². The van der Waals surface area contributed by atoms with Crippen LogP contribution in [0.25, 0.3) is 0 Å². The maximum absolute atomic E-state index is 13.7. The van der Waals surface area contributed by atoms with Crippen LogP contribution in [0.2, 0.25) is 0 Å². The Bertz CT molecular complexity index is 506. The summed E-state index contributed by atoms with van der Waals surface area (Å²) in [6, 6.07) is 2.06. The van der Waals surface area contributed by atoms with Gasteiger partial charge in [0.25, 0.3) is 5.91 Å². The molecule has 0 atom stereocenters. The molecule has 6 heteroatoms. The van der Waals surface area contributed by atoms with Crippen LogP contribution in [-0.4, -0.2) is 23.9 Å². The van der Waals surface area contributed by atoms with Crippen LogP contribution < -0.4 is 0 Å². The molecule has 1 aliphatic carbocycles. The second kappa shape index (κ2) is 5.42. The Balaban J connectivity index is 2.22. The topological polar surface area (TPSA) is 20.3 Å². The van der Waals surface area contributed by atoms with Crippen LogP contribution in [0.15, 0.2) is 18.2 Å². The number of nitrogens with zero attached hydrogens (tertiary/aromatic N) is 1. The van der Waals surface area contributed by atoms with Gasteiger partial charge in [0, 0.05) is 13.1 Å². The van der Waals surface area contributed by atoms with Crippen LogP contribution >= 0.6 is 0 Å². The summed E-state index contributed by atoms with van der Waals surface area (Å²) in [5, 5.41) is 0. The highest BCUT2D eigenvalue weighted by molar-refractivity contribution is 5.94. The van der Waals surface area contributed by atoms with E-state index in [1.165, 1.54) is 4.90 Å². The van der Waals surface area contributed by atoms with Crippen LogP contribution in [0, 0.1) is 5.82 Å². The third-order valence-electron chi connectivity index (χ3n) is 3.72. The first-order valence-electron chi connectivity index (χ1n) is 6.44. The summed E-state index contributed by atoms with van der Waals surface area (Å²) in [5.74, 6) is -1.70. The maximum Gasteiger partial charge on any atom is 0.416 e. The summed E-state index contributed by atoms with van der Waals surface area (Å²) in [6.45, 7) is 0. The molecule has 2 rings (SSSR count). The average molecular weight is 289 g/mol. The first kappa shape index (κ1) is 14.8. The van der Waals surface area contributed by atoms with Crippen molar-refractivity contribution in [3.63, 3.8) is 0 Å². The summed E-state index contributed by atoms with van der Waals surface area (Å²) >= 11 is 0. The first-order valence-corrected chi connectivity index (χ1v) is 6.44. The van der Waals surface area contributed by atoms with Gasteiger partial charge in [-0.2, -0.15) is 13.2 Å². The zero-order chi connectivity index (χ0) is 14.9. The number of hydrogen-bond donors (Lipinski definition) is 0. The molecule has 20 heavy (non-hydrogen) atoms. The normalized spacial score (nSPS) is 16.4. The van der Waals surface area contributed by atoms with E-state index in [1.807, 2.05) is 0 Å². The van der Waals surface area contributed by atoms with Crippen LogP contribution in [0.4, 0.5) is 17.6 Å². The predicted octanol–water partition coefficient (Wildman–Crippen LogP) is 3.86. The van der Waals surface area contributed by atoms with Crippen molar-refractivity contribution in [3.8, 4) is 0 Å². The van der Waals surface area contributed by atoms with E-state index in [9.17, 15) is 22.4 Å². The third kappa shape index (κ3) is 2.94. The minimum absolute atomic E-state index is 0.0455.